The van der Waals surface area contributed by atoms with Gasteiger partial charge in [0.25, 0.3) is 5.91 Å². The molecule has 0 radical (unpaired) electrons. The molecule has 3 heterocycles. The van der Waals surface area contributed by atoms with E-state index < -0.39 is 5.54 Å². The zero-order chi connectivity index (χ0) is 29.0. The number of nitrogens with one attached hydrogen (secondary N) is 1. The van der Waals surface area contributed by atoms with Gasteiger partial charge in [0.05, 0.1) is 34.5 Å². The highest BCUT2D eigenvalue weighted by Crippen LogP contribution is 2.45. The van der Waals surface area contributed by atoms with E-state index in [-0.39, 0.29) is 18.2 Å². The summed E-state index contributed by atoms with van der Waals surface area (Å²) in [5.74, 6) is 1.10. The molecule has 0 bridgehead atoms. The second-order valence-electron chi connectivity index (χ2n) is 12.0. The third kappa shape index (κ3) is 4.16. The van der Waals surface area contributed by atoms with Gasteiger partial charge in [0.15, 0.2) is 5.78 Å². The first kappa shape index (κ1) is 26.6. The van der Waals surface area contributed by atoms with Crippen LogP contribution in [0.3, 0.4) is 0 Å². The van der Waals surface area contributed by atoms with Gasteiger partial charge in [-0.05, 0) is 86.1 Å². The monoisotopic (exact) mass is 560 g/mol. The summed E-state index contributed by atoms with van der Waals surface area (Å²) < 4.78 is 4.22. The molecular formula is C34H36N6O2. The van der Waals surface area contributed by atoms with E-state index in [0.717, 1.165) is 53.0 Å². The number of carbonyl (C=O) groups excluding carboxylic acids is 2. The summed E-state index contributed by atoms with van der Waals surface area (Å²) in [6.45, 7) is -0.0345. The lowest BCUT2D eigenvalue weighted by Gasteiger charge is -2.41. The van der Waals surface area contributed by atoms with E-state index in [1.807, 2.05) is 54.2 Å². The quantitative estimate of drug-likeness (QED) is 0.247. The first-order valence-corrected chi connectivity index (χ1v) is 15.0. The van der Waals surface area contributed by atoms with Crippen LogP contribution >= 0.6 is 0 Å². The lowest BCUT2D eigenvalue weighted by Crippen LogP contribution is -2.52. The fourth-order valence-corrected chi connectivity index (χ4v) is 7.18. The van der Waals surface area contributed by atoms with Crippen LogP contribution in [-0.4, -0.2) is 37.3 Å². The van der Waals surface area contributed by atoms with Gasteiger partial charge in [-0.15, -0.1) is 0 Å². The SMILES string of the molecule is Cn1c(C2(NC(=O)c3ccc4c(C5CCCC5)c(-c5ccccn5)n(C)c4c3)CCC2)nc2ccc(C(=O)CN)cc21. The molecule has 2 fully saturated rings. The molecule has 0 aliphatic heterocycles. The van der Waals surface area contributed by atoms with Gasteiger partial charge >= 0.3 is 0 Å². The van der Waals surface area contributed by atoms with Crippen LogP contribution < -0.4 is 11.1 Å². The van der Waals surface area contributed by atoms with E-state index in [0.29, 0.717) is 17.0 Å². The molecule has 8 heteroatoms. The number of nitrogens with two attached hydrogens (primary N) is 1. The Kier molecular flexibility index (Phi) is 6.46. The smallest absolute Gasteiger partial charge is 0.252 e. The molecular weight excluding hydrogens is 524 g/mol. The Morgan fingerprint density at radius 2 is 1.71 bits per heavy atom. The first-order valence-electron chi connectivity index (χ1n) is 15.0. The van der Waals surface area contributed by atoms with Gasteiger partial charge in [0.2, 0.25) is 0 Å². The van der Waals surface area contributed by atoms with Gasteiger partial charge in [-0.2, -0.15) is 0 Å². The van der Waals surface area contributed by atoms with Crippen molar-refractivity contribution >= 4 is 33.6 Å². The summed E-state index contributed by atoms with van der Waals surface area (Å²) in [7, 11) is 4.04. The predicted octanol–water partition coefficient (Wildman–Crippen LogP) is 5.74. The van der Waals surface area contributed by atoms with Crippen LogP contribution in [0.1, 0.15) is 83.0 Å². The molecule has 1 amide bonds. The molecule has 3 N–H and O–H groups in total. The average molecular weight is 561 g/mol. The highest BCUT2D eigenvalue weighted by atomic mass is 16.2. The number of benzene rings is 2. The molecule has 2 aliphatic rings. The molecule has 214 valence electrons. The Morgan fingerprint density at radius 3 is 2.40 bits per heavy atom. The molecule has 2 aromatic carbocycles. The normalized spacial score (nSPS) is 16.6. The molecule has 8 nitrogen and oxygen atoms in total. The first-order chi connectivity index (χ1) is 20.4. The molecule has 3 aromatic heterocycles. The molecule has 0 unspecified atom stereocenters. The van der Waals surface area contributed by atoms with Crippen molar-refractivity contribution in [3.8, 4) is 11.4 Å². The Morgan fingerprint density at radius 1 is 0.952 bits per heavy atom. The third-order valence-corrected chi connectivity index (χ3v) is 9.55. The Hall–Kier alpha value is -4.30. The summed E-state index contributed by atoms with van der Waals surface area (Å²) >= 11 is 0. The number of amides is 1. The number of carbonyl (C=O) groups is 2. The summed E-state index contributed by atoms with van der Waals surface area (Å²) in [5, 5.41) is 4.58. The number of imidazole rings is 1. The second kappa shape index (κ2) is 10.2. The molecule has 0 saturated heterocycles. The lowest BCUT2D eigenvalue weighted by molar-refractivity contribution is 0.0805. The molecule has 2 aliphatic carbocycles. The number of hydrogen-bond acceptors (Lipinski definition) is 5. The number of fused-ring (bicyclic) bond motifs is 2. The Bertz CT molecular complexity index is 1840. The van der Waals surface area contributed by atoms with Crippen LogP contribution in [-0.2, 0) is 19.6 Å². The number of ketones is 1. The summed E-state index contributed by atoms with van der Waals surface area (Å²) in [4.78, 5) is 35.7. The average Bonchev–Trinajstić information content (AvgIpc) is 3.71. The maximum atomic E-state index is 13.9. The maximum Gasteiger partial charge on any atom is 0.252 e. The van der Waals surface area contributed by atoms with Crippen LogP contribution in [0.25, 0.3) is 33.3 Å². The molecule has 0 atom stereocenters. The number of hydrogen-bond donors (Lipinski definition) is 2. The molecule has 2 saturated carbocycles. The second-order valence-corrected chi connectivity index (χ2v) is 12.0. The van der Waals surface area contributed by atoms with Gasteiger partial charge in [0, 0.05) is 42.3 Å². The fourth-order valence-electron chi connectivity index (χ4n) is 7.18. The van der Waals surface area contributed by atoms with Crippen molar-refractivity contribution in [1.29, 1.82) is 0 Å². The molecule has 0 spiro atoms. The standard InChI is InChI=1S/C34H36N6O2/c1-39-27-19-23(11-13-24(27)30(21-8-3-4-9-21)31(39)26-10-5-6-17-36-26)32(42)38-34(15-7-16-34)33-37-25-14-12-22(29(41)20-35)18-28(25)40(33)2/h5-6,10-14,17-19,21H,3-4,7-9,15-16,20,35H2,1-2H3,(H,38,42). The van der Waals surface area contributed by atoms with Crippen molar-refractivity contribution in [3.63, 3.8) is 0 Å². The van der Waals surface area contributed by atoms with Crippen LogP contribution in [0.2, 0.25) is 0 Å². The van der Waals surface area contributed by atoms with E-state index in [4.69, 9.17) is 15.7 Å². The Balaban J connectivity index is 1.26. The minimum absolute atomic E-state index is 0.0345. The van der Waals surface area contributed by atoms with Gasteiger partial charge in [0.1, 0.15) is 5.82 Å². The summed E-state index contributed by atoms with van der Waals surface area (Å²) in [6.07, 6.45) is 9.35. The summed E-state index contributed by atoms with van der Waals surface area (Å²) in [5.41, 5.74) is 12.4. The topological polar surface area (TPSA) is 108 Å². The van der Waals surface area contributed by atoms with Crippen LogP contribution in [0.15, 0.2) is 60.8 Å². The highest BCUT2D eigenvalue weighted by Gasteiger charge is 2.44. The van der Waals surface area contributed by atoms with Crippen LogP contribution in [0, 0.1) is 0 Å². The van der Waals surface area contributed by atoms with Gasteiger partial charge in [-0.3, -0.25) is 14.6 Å². The van der Waals surface area contributed by atoms with E-state index in [9.17, 15) is 9.59 Å². The van der Waals surface area contributed by atoms with Crippen LogP contribution in [0.4, 0.5) is 0 Å². The Labute approximate surface area is 244 Å². The van der Waals surface area contributed by atoms with E-state index in [2.05, 4.69) is 29.1 Å². The van der Waals surface area contributed by atoms with Crippen molar-refractivity contribution in [2.45, 2.75) is 56.4 Å². The number of rotatable bonds is 7. The zero-order valence-electron chi connectivity index (χ0n) is 24.2. The van der Waals surface area contributed by atoms with E-state index in [1.54, 1.807) is 6.07 Å². The van der Waals surface area contributed by atoms with Crippen LogP contribution in [0.5, 0.6) is 0 Å². The van der Waals surface area contributed by atoms with Crippen molar-refractivity contribution in [2.24, 2.45) is 19.8 Å². The van der Waals surface area contributed by atoms with E-state index in [1.165, 1.54) is 36.6 Å². The minimum Gasteiger partial charge on any atom is -0.342 e. The van der Waals surface area contributed by atoms with Gasteiger partial charge in [-0.1, -0.05) is 25.0 Å². The number of aryl methyl sites for hydroxylation is 2. The van der Waals surface area contributed by atoms with Gasteiger partial charge in [-0.25, -0.2) is 4.98 Å². The van der Waals surface area contributed by atoms with E-state index >= 15 is 0 Å². The number of pyridine rings is 1. The molecule has 42 heavy (non-hydrogen) atoms. The lowest BCUT2D eigenvalue weighted by atomic mass is 9.75. The van der Waals surface area contributed by atoms with Crippen molar-refractivity contribution in [3.05, 3.63) is 83.3 Å². The van der Waals surface area contributed by atoms with Gasteiger partial charge < -0.3 is 20.2 Å². The minimum atomic E-state index is -0.555. The third-order valence-electron chi connectivity index (χ3n) is 9.55. The zero-order valence-corrected chi connectivity index (χ0v) is 24.2. The summed E-state index contributed by atoms with van der Waals surface area (Å²) in [6, 6.07) is 17.7. The molecule has 5 aromatic rings. The maximum absolute atomic E-state index is 13.9. The van der Waals surface area contributed by atoms with Crippen molar-refractivity contribution in [2.75, 3.05) is 6.54 Å². The molecule has 7 rings (SSSR count). The van der Waals surface area contributed by atoms with Crippen molar-refractivity contribution in [1.82, 2.24) is 24.4 Å². The van der Waals surface area contributed by atoms with Crippen molar-refractivity contribution < 1.29 is 9.59 Å². The predicted molar refractivity (Wildman–Crippen MR) is 164 cm³/mol. The highest BCUT2D eigenvalue weighted by molar-refractivity contribution is 6.01. The largest absolute Gasteiger partial charge is 0.342 e. The number of Topliss-reactive ketones (excluding diaryl/α,β-unsaturated/α-hetero) is 1. The number of nitrogens with zero attached hydrogens (tertiary/aromatic N) is 4. The fraction of sp³-hybridized carbons (Fsp3) is 0.353. The number of aromatic nitrogens is 4.